The molecule has 0 fully saturated rings. The van der Waals surface area contributed by atoms with Gasteiger partial charge in [0.05, 0.1) is 11.7 Å². The quantitative estimate of drug-likeness (QED) is 0.557. The van der Waals surface area contributed by atoms with Gasteiger partial charge in [-0.05, 0) is 60.3 Å². The molecule has 1 aromatic rings. The molecule has 152 valence electrons. The molecular weight excluding hydrogens is 348 g/mol. The Bertz CT molecular complexity index is 626. The van der Waals surface area contributed by atoms with Gasteiger partial charge in [0, 0.05) is 5.92 Å². The van der Waals surface area contributed by atoms with E-state index < -0.39 is 6.10 Å². The summed E-state index contributed by atoms with van der Waals surface area (Å²) in [7, 11) is 0.439. The molecule has 2 rings (SSSR count). The maximum atomic E-state index is 11.2. The van der Waals surface area contributed by atoms with Crippen molar-refractivity contribution in [3.05, 3.63) is 34.9 Å². The molecule has 27 heavy (non-hydrogen) atoms. The van der Waals surface area contributed by atoms with Gasteiger partial charge in [-0.3, -0.25) is 0 Å². The van der Waals surface area contributed by atoms with Crippen LogP contribution in [0.3, 0.4) is 0 Å². The molecule has 2 atom stereocenters. The molecule has 0 saturated heterocycles. The molecule has 1 N–H and O–H groups in total. The highest BCUT2D eigenvalue weighted by molar-refractivity contribution is 6.31. The molecular formula is C24H40O2Si. The van der Waals surface area contributed by atoms with Gasteiger partial charge in [-0.15, -0.1) is 0 Å². The summed E-state index contributed by atoms with van der Waals surface area (Å²) < 4.78 is 6.33. The van der Waals surface area contributed by atoms with E-state index in [1.165, 1.54) is 24.0 Å². The maximum Gasteiger partial charge on any atom is 0.236 e. The van der Waals surface area contributed by atoms with Crippen molar-refractivity contribution in [2.24, 2.45) is 11.3 Å². The van der Waals surface area contributed by atoms with Crippen LogP contribution in [0.1, 0.15) is 97.4 Å². The summed E-state index contributed by atoms with van der Waals surface area (Å²) in [6.45, 7) is 17.9. The van der Waals surface area contributed by atoms with Gasteiger partial charge in [0.25, 0.3) is 0 Å². The number of hydrogen-bond acceptors (Lipinski definition) is 2. The number of rotatable bonds is 7. The Kier molecular flexibility index (Phi) is 7.03. The van der Waals surface area contributed by atoms with Crippen LogP contribution in [-0.4, -0.2) is 20.5 Å². The zero-order valence-electron chi connectivity index (χ0n) is 18.8. The summed E-state index contributed by atoms with van der Waals surface area (Å²) in [5.74, 6) is 0.138. The molecule has 0 heterocycles. The minimum Gasteiger partial charge on any atom is -0.412 e. The Morgan fingerprint density at radius 3 is 2.26 bits per heavy atom. The molecule has 0 amide bonds. The summed E-state index contributed by atoms with van der Waals surface area (Å²) in [4.78, 5) is 0. The largest absolute Gasteiger partial charge is 0.412 e. The summed E-state index contributed by atoms with van der Waals surface area (Å²) >= 11 is 0. The topological polar surface area (TPSA) is 29.5 Å². The molecule has 1 aromatic carbocycles. The second-order valence-electron chi connectivity index (χ2n) is 10.4. The smallest absolute Gasteiger partial charge is 0.236 e. The van der Waals surface area contributed by atoms with E-state index in [4.69, 9.17) is 4.43 Å². The van der Waals surface area contributed by atoms with E-state index in [0.717, 1.165) is 24.8 Å². The Morgan fingerprint density at radius 2 is 1.70 bits per heavy atom. The van der Waals surface area contributed by atoms with E-state index in [-0.39, 0.29) is 16.6 Å². The summed E-state index contributed by atoms with van der Waals surface area (Å²) in [5, 5.41) is 11.4. The molecule has 1 aliphatic carbocycles. The van der Waals surface area contributed by atoms with E-state index in [2.05, 4.69) is 73.6 Å². The van der Waals surface area contributed by atoms with Crippen LogP contribution >= 0.6 is 0 Å². The van der Waals surface area contributed by atoms with Crippen molar-refractivity contribution >= 4 is 9.76 Å². The minimum absolute atomic E-state index is 0.138. The number of aryl methyl sites for hydroxylation is 1. The maximum absolute atomic E-state index is 11.2. The van der Waals surface area contributed by atoms with Crippen LogP contribution in [0.25, 0.3) is 0 Å². The molecule has 3 heteroatoms. The minimum atomic E-state index is -0.442. The molecule has 2 radical (unpaired) electrons. The Hall–Kier alpha value is -0.643. The summed E-state index contributed by atoms with van der Waals surface area (Å²) in [6.07, 6.45) is 5.01. The monoisotopic (exact) mass is 388 g/mol. The average molecular weight is 389 g/mol. The fraction of sp³-hybridized carbons (Fsp3) is 0.750. The number of hydrogen-bond donors (Lipinski definition) is 1. The zero-order valence-corrected chi connectivity index (χ0v) is 19.8. The summed E-state index contributed by atoms with van der Waals surface area (Å²) in [6, 6.07) is 6.80. The highest BCUT2D eigenvalue weighted by Crippen LogP contribution is 2.43. The van der Waals surface area contributed by atoms with Gasteiger partial charge in [-0.2, -0.15) is 0 Å². The number of fused-ring (bicyclic) bond motifs is 1. The molecule has 1 aliphatic rings. The van der Waals surface area contributed by atoms with E-state index in [1.54, 1.807) is 0 Å². The Morgan fingerprint density at radius 1 is 1.07 bits per heavy atom. The highest BCUT2D eigenvalue weighted by atomic mass is 28.2. The predicted molar refractivity (Wildman–Crippen MR) is 116 cm³/mol. The highest BCUT2D eigenvalue weighted by Gasteiger charge is 2.40. The number of benzene rings is 1. The molecule has 2 unspecified atom stereocenters. The van der Waals surface area contributed by atoms with E-state index in [1.807, 2.05) is 0 Å². The van der Waals surface area contributed by atoms with Crippen LogP contribution in [0.15, 0.2) is 18.2 Å². The Labute approximate surface area is 170 Å². The first-order valence-corrected chi connectivity index (χ1v) is 11.6. The molecule has 0 saturated carbocycles. The van der Waals surface area contributed by atoms with Crippen LogP contribution in [-0.2, 0) is 17.3 Å². The standard InChI is InChI=1S/C24H40O2Si/c1-9-24(8,10-2)16-17-11-12-18-13-14-20(21(25)19(18)15-17)23(6,7)26-27-22(3,4)5/h11-12,15,20-21,25H,9-10,13-14,16H2,1-8H3. The third kappa shape index (κ3) is 5.68. The van der Waals surface area contributed by atoms with E-state index in [9.17, 15) is 5.11 Å². The summed E-state index contributed by atoms with van der Waals surface area (Å²) in [5.41, 5.74) is 3.82. The first kappa shape index (κ1) is 22.6. The lowest BCUT2D eigenvalue weighted by Gasteiger charge is -2.42. The third-order valence-electron chi connectivity index (χ3n) is 6.49. The van der Waals surface area contributed by atoms with Crippen molar-refractivity contribution < 1.29 is 9.53 Å². The van der Waals surface area contributed by atoms with Crippen LogP contribution in [0, 0.1) is 11.3 Å². The van der Waals surface area contributed by atoms with Gasteiger partial charge in [0.15, 0.2) is 0 Å². The van der Waals surface area contributed by atoms with Gasteiger partial charge >= 0.3 is 0 Å². The lowest BCUT2D eigenvalue weighted by molar-refractivity contribution is -0.0400. The van der Waals surface area contributed by atoms with Crippen LogP contribution < -0.4 is 0 Å². The first-order chi connectivity index (χ1) is 12.4. The van der Waals surface area contributed by atoms with Gasteiger partial charge in [-0.1, -0.05) is 72.6 Å². The van der Waals surface area contributed by atoms with Crippen molar-refractivity contribution in [3.8, 4) is 0 Å². The zero-order chi connectivity index (χ0) is 20.5. The van der Waals surface area contributed by atoms with Crippen molar-refractivity contribution in [1.82, 2.24) is 0 Å². The van der Waals surface area contributed by atoms with Gasteiger partial charge < -0.3 is 9.53 Å². The van der Waals surface area contributed by atoms with Crippen LogP contribution in [0.5, 0.6) is 0 Å². The molecule has 2 nitrogen and oxygen atoms in total. The lowest BCUT2D eigenvalue weighted by atomic mass is 9.72. The number of aliphatic hydroxyl groups excluding tert-OH is 1. The van der Waals surface area contributed by atoms with E-state index in [0.29, 0.717) is 15.2 Å². The van der Waals surface area contributed by atoms with Crippen LogP contribution in [0.4, 0.5) is 0 Å². The van der Waals surface area contributed by atoms with E-state index >= 15 is 0 Å². The molecule has 0 aromatic heterocycles. The van der Waals surface area contributed by atoms with Crippen molar-refractivity contribution in [3.63, 3.8) is 0 Å². The van der Waals surface area contributed by atoms with Gasteiger partial charge in [0.2, 0.25) is 9.76 Å². The fourth-order valence-corrected chi connectivity index (χ4v) is 4.74. The first-order valence-electron chi connectivity index (χ1n) is 10.7. The second kappa shape index (κ2) is 8.38. The second-order valence-corrected chi connectivity index (χ2v) is 12.3. The molecule has 0 spiro atoms. The SMILES string of the molecule is CCC(C)(CC)Cc1ccc2c(c1)C(O)C(C(C)(C)O[Si]C(C)(C)C)CC2. The average Bonchev–Trinajstić information content (AvgIpc) is 2.60. The van der Waals surface area contributed by atoms with Crippen LogP contribution in [0.2, 0.25) is 5.04 Å². The van der Waals surface area contributed by atoms with Crippen molar-refractivity contribution in [2.75, 3.05) is 0 Å². The van der Waals surface area contributed by atoms with Gasteiger partial charge in [0.1, 0.15) is 0 Å². The lowest BCUT2D eigenvalue weighted by Crippen LogP contribution is -2.42. The molecule has 0 bridgehead atoms. The predicted octanol–water partition coefficient (Wildman–Crippen LogP) is 6.28. The van der Waals surface area contributed by atoms with Gasteiger partial charge in [-0.25, -0.2) is 0 Å². The van der Waals surface area contributed by atoms with Crippen molar-refractivity contribution in [2.45, 2.75) is 104 Å². The third-order valence-corrected chi connectivity index (χ3v) is 7.73. The Balaban J connectivity index is 2.22. The fourth-order valence-electron chi connectivity index (χ4n) is 4.02. The van der Waals surface area contributed by atoms with Crippen molar-refractivity contribution in [1.29, 1.82) is 0 Å². The molecule has 0 aliphatic heterocycles. The number of aliphatic hydroxyl groups is 1. The normalized spacial score (nSPS) is 21.2.